The maximum atomic E-state index is 14.4. The molecule has 1 amide bonds. The van der Waals surface area contributed by atoms with Gasteiger partial charge in [0.05, 0.1) is 35.3 Å². The van der Waals surface area contributed by atoms with Crippen molar-refractivity contribution in [1.29, 1.82) is 0 Å². The maximum absolute atomic E-state index is 14.4. The zero-order valence-corrected chi connectivity index (χ0v) is 21.6. The minimum atomic E-state index is -3.38. The third-order valence-corrected chi connectivity index (χ3v) is 6.49. The van der Waals surface area contributed by atoms with Gasteiger partial charge in [0.1, 0.15) is 11.6 Å². The minimum absolute atomic E-state index is 0.0628. The Hall–Kier alpha value is -3.07. The standard InChI is InChI=1S/C26H31F2N3O3S/c1-16-9-20(27)12-21(10-16)31-22(13-24(30-31)26(3,4)5)14-29-25(32)17(2)18-7-8-19(23(28)11-18)15-35(6,33)34/h7-13,17H,14-15H2,1-6H3,(H,29,32). The van der Waals surface area contributed by atoms with E-state index in [0.29, 0.717) is 16.9 Å². The van der Waals surface area contributed by atoms with Crippen molar-refractivity contribution in [3.63, 3.8) is 0 Å². The van der Waals surface area contributed by atoms with Crippen molar-refractivity contribution in [2.75, 3.05) is 6.26 Å². The molecule has 1 unspecified atom stereocenters. The molecule has 2 aromatic carbocycles. The van der Waals surface area contributed by atoms with E-state index < -0.39 is 27.3 Å². The van der Waals surface area contributed by atoms with Crippen molar-refractivity contribution in [2.45, 2.75) is 58.2 Å². The van der Waals surface area contributed by atoms with Crippen LogP contribution in [0.15, 0.2) is 42.5 Å². The van der Waals surface area contributed by atoms with Crippen LogP contribution in [0, 0.1) is 18.6 Å². The van der Waals surface area contributed by atoms with Crippen LogP contribution in [0.5, 0.6) is 0 Å². The van der Waals surface area contributed by atoms with Gasteiger partial charge in [0.2, 0.25) is 5.91 Å². The van der Waals surface area contributed by atoms with E-state index in [9.17, 15) is 22.0 Å². The molecule has 0 saturated carbocycles. The molecular formula is C26H31F2N3O3S. The second-order valence-corrected chi connectivity index (χ2v) is 12.2. The number of aromatic nitrogens is 2. The molecule has 0 fully saturated rings. The zero-order chi connectivity index (χ0) is 26.1. The van der Waals surface area contributed by atoms with E-state index >= 15 is 0 Å². The van der Waals surface area contributed by atoms with Gasteiger partial charge in [-0.2, -0.15) is 5.10 Å². The van der Waals surface area contributed by atoms with Gasteiger partial charge in [-0.15, -0.1) is 0 Å². The second-order valence-electron chi connectivity index (χ2n) is 10.0. The summed E-state index contributed by atoms with van der Waals surface area (Å²) in [5.74, 6) is -2.45. The molecule has 0 aliphatic carbocycles. The quantitative estimate of drug-likeness (QED) is 0.506. The van der Waals surface area contributed by atoms with Crippen molar-refractivity contribution in [3.05, 3.63) is 82.2 Å². The SMILES string of the molecule is Cc1cc(F)cc(-n2nc(C(C)(C)C)cc2CNC(=O)C(C)c2ccc(CS(C)(=O)=O)c(F)c2)c1. The molecule has 0 spiro atoms. The van der Waals surface area contributed by atoms with E-state index in [2.05, 4.69) is 10.4 Å². The molecule has 1 aromatic heterocycles. The van der Waals surface area contributed by atoms with Crippen molar-refractivity contribution >= 4 is 15.7 Å². The number of carbonyl (C=O) groups is 1. The zero-order valence-electron chi connectivity index (χ0n) is 20.8. The lowest BCUT2D eigenvalue weighted by Crippen LogP contribution is -2.28. The molecule has 3 aromatic rings. The van der Waals surface area contributed by atoms with Crippen LogP contribution in [-0.4, -0.2) is 30.4 Å². The Morgan fingerprint density at radius 3 is 2.37 bits per heavy atom. The van der Waals surface area contributed by atoms with Crippen LogP contribution in [0.3, 0.4) is 0 Å². The molecule has 0 radical (unpaired) electrons. The molecule has 35 heavy (non-hydrogen) atoms. The van der Waals surface area contributed by atoms with Crippen LogP contribution in [0.25, 0.3) is 5.69 Å². The highest BCUT2D eigenvalue weighted by Crippen LogP contribution is 2.25. The Bertz CT molecular complexity index is 1340. The average Bonchev–Trinajstić information content (AvgIpc) is 3.16. The molecule has 6 nitrogen and oxygen atoms in total. The van der Waals surface area contributed by atoms with Gasteiger partial charge in [-0.05, 0) is 55.3 Å². The maximum Gasteiger partial charge on any atom is 0.227 e. The molecule has 1 heterocycles. The van der Waals surface area contributed by atoms with Gasteiger partial charge < -0.3 is 5.32 Å². The monoisotopic (exact) mass is 503 g/mol. The van der Waals surface area contributed by atoms with Gasteiger partial charge >= 0.3 is 0 Å². The molecule has 1 N–H and O–H groups in total. The lowest BCUT2D eigenvalue weighted by atomic mass is 9.92. The van der Waals surface area contributed by atoms with Gasteiger partial charge in [0, 0.05) is 17.2 Å². The van der Waals surface area contributed by atoms with Crippen LogP contribution in [-0.2, 0) is 32.3 Å². The number of benzene rings is 2. The summed E-state index contributed by atoms with van der Waals surface area (Å²) < 4.78 is 53.1. The number of nitrogens with one attached hydrogen (secondary N) is 1. The van der Waals surface area contributed by atoms with E-state index in [4.69, 9.17) is 0 Å². The smallest absolute Gasteiger partial charge is 0.227 e. The summed E-state index contributed by atoms with van der Waals surface area (Å²) in [6.07, 6.45) is 1.04. The molecule has 1 atom stereocenters. The van der Waals surface area contributed by atoms with Crippen molar-refractivity contribution < 1.29 is 22.0 Å². The average molecular weight is 504 g/mol. The lowest BCUT2D eigenvalue weighted by Gasteiger charge is -2.15. The van der Waals surface area contributed by atoms with Gasteiger partial charge in [0.15, 0.2) is 9.84 Å². The number of hydrogen-bond acceptors (Lipinski definition) is 4. The third kappa shape index (κ3) is 6.75. The van der Waals surface area contributed by atoms with Crippen LogP contribution < -0.4 is 5.32 Å². The van der Waals surface area contributed by atoms with Gasteiger partial charge in [0.25, 0.3) is 0 Å². The Kier molecular flexibility index (Phi) is 7.50. The molecule has 0 bridgehead atoms. The first kappa shape index (κ1) is 26.5. The molecule has 188 valence electrons. The van der Waals surface area contributed by atoms with Crippen LogP contribution in [0.4, 0.5) is 8.78 Å². The minimum Gasteiger partial charge on any atom is -0.350 e. The number of aryl methyl sites for hydroxylation is 1. The van der Waals surface area contributed by atoms with Crippen LogP contribution >= 0.6 is 0 Å². The Morgan fingerprint density at radius 2 is 1.80 bits per heavy atom. The fourth-order valence-corrected chi connectivity index (χ4v) is 4.49. The van der Waals surface area contributed by atoms with Crippen LogP contribution in [0.1, 0.15) is 61.7 Å². The first-order chi connectivity index (χ1) is 16.1. The van der Waals surface area contributed by atoms with E-state index in [-0.39, 0.29) is 29.2 Å². The predicted octanol–water partition coefficient (Wildman–Crippen LogP) is 4.72. The number of halogens is 2. The number of rotatable bonds is 7. The topological polar surface area (TPSA) is 81.1 Å². The summed E-state index contributed by atoms with van der Waals surface area (Å²) in [5, 5.41) is 7.53. The largest absolute Gasteiger partial charge is 0.350 e. The number of hydrogen-bond donors (Lipinski definition) is 1. The summed E-state index contributed by atoms with van der Waals surface area (Å²) in [7, 11) is -3.38. The third-order valence-electron chi connectivity index (χ3n) is 5.65. The van der Waals surface area contributed by atoms with Crippen molar-refractivity contribution in [1.82, 2.24) is 15.1 Å². The summed E-state index contributed by atoms with van der Waals surface area (Å²) >= 11 is 0. The second kappa shape index (κ2) is 9.89. The van der Waals surface area contributed by atoms with E-state index in [1.54, 1.807) is 24.6 Å². The lowest BCUT2D eigenvalue weighted by molar-refractivity contribution is -0.122. The van der Waals surface area contributed by atoms with Crippen molar-refractivity contribution in [3.8, 4) is 5.69 Å². The number of sulfone groups is 1. The summed E-state index contributed by atoms with van der Waals surface area (Å²) in [5.41, 5.74) is 3.01. The molecule has 0 aliphatic rings. The predicted molar refractivity (Wildman–Crippen MR) is 132 cm³/mol. The summed E-state index contributed by atoms with van der Waals surface area (Å²) in [4.78, 5) is 12.9. The normalized spacial score (nSPS) is 13.0. The van der Waals surface area contributed by atoms with Gasteiger partial charge in [-0.25, -0.2) is 21.9 Å². The van der Waals surface area contributed by atoms with E-state index in [1.807, 2.05) is 32.9 Å². The van der Waals surface area contributed by atoms with Crippen LogP contribution in [0.2, 0.25) is 0 Å². The summed E-state index contributed by atoms with van der Waals surface area (Å²) in [6.45, 7) is 9.63. The Balaban J connectivity index is 1.83. The Labute approximate surface area is 205 Å². The highest BCUT2D eigenvalue weighted by Gasteiger charge is 2.23. The van der Waals surface area contributed by atoms with Gasteiger partial charge in [-0.3, -0.25) is 4.79 Å². The van der Waals surface area contributed by atoms with E-state index in [1.165, 1.54) is 24.3 Å². The summed E-state index contributed by atoms with van der Waals surface area (Å²) in [6, 6.07) is 10.7. The fraction of sp³-hybridized carbons (Fsp3) is 0.385. The molecular weight excluding hydrogens is 472 g/mol. The fourth-order valence-electron chi connectivity index (χ4n) is 3.69. The number of amides is 1. The van der Waals surface area contributed by atoms with Gasteiger partial charge in [-0.1, -0.05) is 32.9 Å². The number of carbonyl (C=O) groups excluding carboxylic acids is 1. The molecule has 0 saturated heterocycles. The van der Waals surface area contributed by atoms with E-state index in [0.717, 1.165) is 17.5 Å². The number of nitrogens with zero attached hydrogens (tertiary/aromatic N) is 2. The highest BCUT2D eigenvalue weighted by atomic mass is 32.2. The van der Waals surface area contributed by atoms with Crippen molar-refractivity contribution in [2.24, 2.45) is 0 Å². The molecule has 3 rings (SSSR count). The molecule has 0 aliphatic heterocycles. The first-order valence-electron chi connectivity index (χ1n) is 11.2. The Morgan fingerprint density at radius 1 is 1.11 bits per heavy atom. The first-order valence-corrected chi connectivity index (χ1v) is 13.3. The molecule has 9 heteroatoms. The highest BCUT2D eigenvalue weighted by molar-refractivity contribution is 7.89.